The van der Waals surface area contributed by atoms with E-state index in [2.05, 4.69) is 10.6 Å². The molecule has 0 aliphatic heterocycles. The van der Waals surface area contributed by atoms with E-state index in [0.717, 1.165) is 0 Å². The third-order valence-corrected chi connectivity index (χ3v) is 4.26. The number of nitro groups is 2. The number of nitrogens with zero attached hydrogens (tertiary/aromatic N) is 2. The molecule has 0 aromatic heterocycles. The normalized spacial score (nSPS) is 10.3. The summed E-state index contributed by atoms with van der Waals surface area (Å²) >= 11 is 0. The lowest BCUT2D eigenvalue weighted by molar-refractivity contribution is -0.385. The van der Waals surface area contributed by atoms with Gasteiger partial charge in [-0.3, -0.25) is 29.8 Å². The van der Waals surface area contributed by atoms with E-state index < -0.39 is 21.7 Å². The number of rotatable bonds is 8. The zero-order valence-electron chi connectivity index (χ0n) is 15.9. The van der Waals surface area contributed by atoms with Gasteiger partial charge < -0.3 is 10.6 Å². The summed E-state index contributed by atoms with van der Waals surface area (Å²) in [6.07, 6.45) is 0.416. The maximum Gasteiger partial charge on any atom is 0.273 e. The van der Waals surface area contributed by atoms with Crippen LogP contribution in [0.2, 0.25) is 0 Å². The van der Waals surface area contributed by atoms with E-state index in [1.165, 1.54) is 36.4 Å². The number of nitro benzene ring substituents is 2. The van der Waals surface area contributed by atoms with Crippen LogP contribution in [0.25, 0.3) is 0 Å². The summed E-state index contributed by atoms with van der Waals surface area (Å²) in [5.74, 6) is -0.901. The Morgan fingerprint density at radius 3 is 1.52 bits per heavy atom. The summed E-state index contributed by atoms with van der Waals surface area (Å²) < 4.78 is 0. The molecule has 2 aromatic rings. The van der Waals surface area contributed by atoms with Crippen LogP contribution in [0.3, 0.4) is 0 Å². The summed E-state index contributed by atoms with van der Waals surface area (Å²) in [6, 6.07) is 8.46. The fraction of sp³-hybridized carbons (Fsp3) is 0.263. The Balaban J connectivity index is 1.82. The number of carbonyl (C=O) groups excluding carboxylic acids is 2. The fourth-order valence-corrected chi connectivity index (χ4v) is 2.59. The molecule has 0 unspecified atom stereocenters. The van der Waals surface area contributed by atoms with E-state index in [0.29, 0.717) is 17.5 Å². The molecule has 0 aliphatic rings. The molecule has 29 heavy (non-hydrogen) atoms. The summed E-state index contributed by atoms with van der Waals surface area (Å²) in [6.45, 7) is 3.67. The highest BCUT2D eigenvalue weighted by Gasteiger charge is 2.16. The molecule has 2 rings (SSSR count). The molecule has 2 amide bonds. The predicted molar refractivity (Wildman–Crippen MR) is 105 cm³/mol. The zero-order chi connectivity index (χ0) is 21.6. The van der Waals surface area contributed by atoms with Crippen LogP contribution in [0.4, 0.5) is 11.4 Å². The number of hydrogen-bond donors (Lipinski definition) is 2. The van der Waals surface area contributed by atoms with E-state index in [4.69, 9.17) is 0 Å². The van der Waals surface area contributed by atoms with Crippen molar-refractivity contribution in [3.8, 4) is 0 Å². The van der Waals surface area contributed by atoms with Gasteiger partial charge in [-0.2, -0.15) is 0 Å². The number of benzene rings is 2. The molecule has 0 fully saturated rings. The minimum absolute atomic E-state index is 0.128. The Hall–Kier alpha value is -3.82. The first-order valence-corrected chi connectivity index (χ1v) is 8.77. The Kier molecular flexibility index (Phi) is 6.96. The maximum atomic E-state index is 12.1. The Bertz CT molecular complexity index is 896. The molecule has 0 spiro atoms. The second kappa shape index (κ2) is 9.40. The van der Waals surface area contributed by atoms with Crippen molar-refractivity contribution in [2.75, 3.05) is 13.1 Å². The van der Waals surface area contributed by atoms with Crippen molar-refractivity contribution in [3.05, 3.63) is 78.9 Å². The first kappa shape index (κ1) is 21.5. The molecule has 0 saturated heterocycles. The second-order valence-electron chi connectivity index (χ2n) is 6.38. The molecule has 10 nitrogen and oxygen atoms in total. The van der Waals surface area contributed by atoms with Gasteiger partial charge in [-0.25, -0.2) is 0 Å². The number of carbonyl (C=O) groups is 2. The highest BCUT2D eigenvalue weighted by molar-refractivity contribution is 5.95. The van der Waals surface area contributed by atoms with E-state index in [-0.39, 0.29) is 35.6 Å². The van der Waals surface area contributed by atoms with Gasteiger partial charge >= 0.3 is 0 Å². The SMILES string of the molecule is Cc1ccc(C(=O)NCCCNC(=O)c2ccc(C)c([N+](=O)[O-])c2)cc1[N+](=O)[O-]. The molecular weight excluding hydrogens is 380 g/mol. The first-order chi connectivity index (χ1) is 13.7. The Morgan fingerprint density at radius 1 is 0.793 bits per heavy atom. The summed E-state index contributed by atoms with van der Waals surface area (Å²) in [7, 11) is 0. The molecule has 152 valence electrons. The van der Waals surface area contributed by atoms with Gasteiger partial charge in [0.05, 0.1) is 9.85 Å². The molecule has 2 aromatic carbocycles. The van der Waals surface area contributed by atoms with Gasteiger partial charge in [-0.15, -0.1) is 0 Å². The Labute approximate surface area is 166 Å². The summed E-state index contributed by atoms with van der Waals surface area (Å²) in [4.78, 5) is 45.0. The van der Waals surface area contributed by atoms with Crippen molar-refractivity contribution in [1.82, 2.24) is 10.6 Å². The lowest BCUT2D eigenvalue weighted by Gasteiger charge is -2.08. The van der Waals surface area contributed by atoms with Gasteiger partial charge in [0, 0.05) is 47.5 Å². The van der Waals surface area contributed by atoms with Crippen molar-refractivity contribution in [3.63, 3.8) is 0 Å². The highest BCUT2D eigenvalue weighted by Crippen LogP contribution is 2.20. The Morgan fingerprint density at radius 2 is 1.17 bits per heavy atom. The van der Waals surface area contributed by atoms with E-state index >= 15 is 0 Å². The van der Waals surface area contributed by atoms with Gasteiger partial charge in [-0.05, 0) is 32.4 Å². The molecule has 0 atom stereocenters. The maximum absolute atomic E-state index is 12.1. The van der Waals surface area contributed by atoms with E-state index in [1.807, 2.05) is 0 Å². The number of nitrogens with one attached hydrogen (secondary N) is 2. The average molecular weight is 400 g/mol. The predicted octanol–water partition coefficient (Wildman–Crippen LogP) is 2.67. The van der Waals surface area contributed by atoms with Crippen molar-refractivity contribution >= 4 is 23.2 Å². The fourth-order valence-electron chi connectivity index (χ4n) is 2.59. The standard InChI is InChI=1S/C19H20N4O6/c1-12-4-6-14(10-16(12)22(26)27)18(24)20-8-3-9-21-19(25)15-7-5-13(2)17(11-15)23(28)29/h4-7,10-11H,3,8-9H2,1-2H3,(H,20,24)(H,21,25). The van der Waals surface area contributed by atoms with Crippen molar-refractivity contribution < 1.29 is 19.4 Å². The van der Waals surface area contributed by atoms with Gasteiger partial charge in [-0.1, -0.05) is 12.1 Å². The number of amides is 2. The highest BCUT2D eigenvalue weighted by atomic mass is 16.6. The van der Waals surface area contributed by atoms with Gasteiger partial charge in [0.25, 0.3) is 23.2 Å². The average Bonchev–Trinajstić information content (AvgIpc) is 2.67. The van der Waals surface area contributed by atoms with Crippen molar-refractivity contribution in [2.24, 2.45) is 0 Å². The van der Waals surface area contributed by atoms with Crippen LogP contribution in [-0.4, -0.2) is 34.8 Å². The van der Waals surface area contributed by atoms with Crippen LogP contribution in [0.1, 0.15) is 38.3 Å². The van der Waals surface area contributed by atoms with Crippen LogP contribution in [0, 0.1) is 34.1 Å². The topological polar surface area (TPSA) is 144 Å². The van der Waals surface area contributed by atoms with Gasteiger partial charge in [0.2, 0.25) is 0 Å². The van der Waals surface area contributed by atoms with Crippen LogP contribution >= 0.6 is 0 Å². The first-order valence-electron chi connectivity index (χ1n) is 8.77. The van der Waals surface area contributed by atoms with Crippen LogP contribution in [0.15, 0.2) is 36.4 Å². The molecule has 0 bridgehead atoms. The van der Waals surface area contributed by atoms with Crippen LogP contribution in [0.5, 0.6) is 0 Å². The van der Waals surface area contributed by atoms with Gasteiger partial charge in [0.15, 0.2) is 0 Å². The molecule has 0 saturated carbocycles. The monoisotopic (exact) mass is 400 g/mol. The van der Waals surface area contributed by atoms with E-state index in [9.17, 15) is 29.8 Å². The molecule has 0 aliphatic carbocycles. The number of aryl methyl sites for hydroxylation is 2. The molecule has 0 heterocycles. The van der Waals surface area contributed by atoms with Crippen molar-refractivity contribution in [1.29, 1.82) is 0 Å². The zero-order valence-corrected chi connectivity index (χ0v) is 15.9. The molecule has 10 heteroatoms. The lowest BCUT2D eigenvalue weighted by Crippen LogP contribution is -2.30. The molecule has 2 N–H and O–H groups in total. The third kappa shape index (κ3) is 5.58. The van der Waals surface area contributed by atoms with Crippen LogP contribution < -0.4 is 10.6 Å². The van der Waals surface area contributed by atoms with Crippen molar-refractivity contribution in [2.45, 2.75) is 20.3 Å². The minimum atomic E-state index is -0.545. The third-order valence-electron chi connectivity index (χ3n) is 4.26. The smallest absolute Gasteiger partial charge is 0.273 e. The lowest BCUT2D eigenvalue weighted by atomic mass is 10.1. The number of hydrogen-bond acceptors (Lipinski definition) is 6. The summed E-state index contributed by atoms with van der Waals surface area (Å²) in [5, 5.41) is 27.2. The molecule has 0 radical (unpaired) electrons. The van der Waals surface area contributed by atoms with Crippen LogP contribution in [-0.2, 0) is 0 Å². The van der Waals surface area contributed by atoms with E-state index in [1.54, 1.807) is 13.8 Å². The molecular formula is C19H20N4O6. The minimum Gasteiger partial charge on any atom is -0.352 e. The summed E-state index contributed by atoms with van der Waals surface area (Å²) in [5.41, 5.74) is 1.03. The largest absolute Gasteiger partial charge is 0.352 e. The second-order valence-corrected chi connectivity index (χ2v) is 6.38. The quantitative estimate of drug-likeness (QED) is 0.396. The van der Waals surface area contributed by atoms with Gasteiger partial charge in [0.1, 0.15) is 0 Å².